The van der Waals surface area contributed by atoms with E-state index < -0.39 is 5.95 Å². The van der Waals surface area contributed by atoms with Gasteiger partial charge in [0, 0.05) is 28.8 Å². The Morgan fingerprint density at radius 2 is 2.15 bits per heavy atom. The summed E-state index contributed by atoms with van der Waals surface area (Å²) in [5.41, 5.74) is 2.09. The molecule has 1 amide bonds. The molecule has 3 nitrogen and oxygen atoms in total. The van der Waals surface area contributed by atoms with Gasteiger partial charge in [-0.3, -0.25) is 4.79 Å². The molecule has 1 heterocycles. The molecule has 0 unspecified atom stereocenters. The maximum Gasteiger partial charge on any atom is 0.255 e. The summed E-state index contributed by atoms with van der Waals surface area (Å²) in [5.74, 6) is -1.01. The zero-order valence-corrected chi connectivity index (χ0v) is 12.1. The Kier molecular flexibility index (Phi) is 4.74. The highest BCUT2D eigenvalue weighted by molar-refractivity contribution is 7.98. The number of amides is 1. The number of hydrogen-bond donors (Lipinski definition) is 1. The van der Waals surface area contributed by atoms with Crippen molar-refractivity contribution in [2.45, 2.75) is 12.2 Å². The number of pyridine rings is 1. The summed E-state index contributed by atoms with van der Waals surface area (Å²) in [6.07, 6.45) is 3.31. The van der Waals surface area contributed by atoms with E-state index >= 15 is 0 Å². The highest BCUT2D eigenvalue weighted by Crippen LogP contribution is 2.27. The number of nitrogens with zero attached hydrogens (tertiary/aromatic N) is 1. The number of rotatable bonds is 4. The zero-order valence-electron chi connectivity index (χ0n) is 11.3. The average molecular weight is 290 g/mol. The number of nitrogens with one attached hydrogen (secondary N) is 1. The quantitative estimate of drug-likeness (QED) is 0.868. The lowest BCUT2D eigenvalue weighted by atomic mass is 10.1. The number of thioether (sulfide) groups is 1. The number of anilines is 1. The molecule has 20 heavy (non-hydrogen) atoms. The monoisotopic (exact) mass is 290 g/mol. The molecule has 1 atom stereocenters. The van der Waals surface area contributed by atoms with Gasteiger partial charge in [0.1, 0.15) is 0 Å². The van der Waals surface area contributed by atoms with E-state index in [-0.39, 0.29) is 11.5 Å². The summed E-state index contributed by atoms with van der Waals surface area (Å²) < 4.78 is 13.0. The number of benzene rings is 1. The molecule has 2 rings (SSSR count). The molecule has 0 radical (unpaired) electrons. The van der Waals surface area contributed by atoms with E-state index in [1.54, 1.807) is 11.8 Å². The molecule has 0 saturated heterocycles. The number of hydrogen-bond acceptors (Lipinski definition) is 3. The van der Waals surface area contributed by atoms with Crippen LogP contribution in [-0.2, 0) is 0 Å². The molecule has 0 aliphatic heterocycles. The van der Waals surface area contributed by atoms with Gasteiger partial charge >= 0.3 is 0 Å². The molecule has 1 aromatic heterocycles. The Balaban J connectivity index is 2.16. The van der Waals surface area contributed by atoms with Gasteiger partial charge in [0.2, 0.25) is 5.95 Å². The van der Waals surface area contributed by atoms with Crippen LogP contribution in [0.3, 0.4) is 0 Å². The second kappa shape index (κ2) is 6.52. The molecule has 0 aliphatic carbocycles. The van der Waals surface area contributed by atoms with E-state index in [0.29, 0.717) is 10.9 Å². The van der Waals surface area contributed by atoms with Gasteiger partial charge in [-0.15, -0.1) is 0 Å². The Hall–Kier alpha value is -1.88. The summed E-state index contributed by atoms with van der Waals surface area (Å²) in [5, 5.41) is 3.11. The fraction of sp³-hybridized carbons (Fsp3) is 0.200. The van der Waals surface area contributed by atoms with Crippen molar-refractivity contribution in [2.75, 3.05) is 11.6 Å². The van der Waals surface area contributed by atoms with Crippen LogP contribution in [0, 0.1) is 5.95 Å². The number of carbonyl (C=O) groups is 1. The third-order valence-electron chi connectivity index (χ3n) is 2.96. The van der Waals surface area contributed by atoms with Crippen molar-refractivity contribution in [3.63, 3.8) is 0 Å². The number of carbonyl (C=O) groups excluding carboxylic acids is 1. The fourth-order valence-electron chi connectivity index (χ4n) is 1.75. The normalized spacial score (nSPS) is 11.9. The topological polar surface area (TPSA) is 42.0 Å². The zero-order chi connectivity index (χ0) is 14.5. The lowest BCUT2D eigenvalue weighted by Gasteiger charge is -2.11. The van der Waals surface area contributed by atoms with Crippen LogP contribution in [0.25, 0.3) is 0 Å². The second-order valence-electron chi connectivity index (χ2n) is 4.32. The van der Waals surface area contributed by atoms with Crippen molar-refractivity contribution >= 4 is 23.4 Å². The highest BCUT2D eigenvalue weighted by Gasteiger charge is 2.09. The van der Waals surface area contributed by atoms with Crippen LogP contribution < -0.4 is 5.32 Å². The molecule has 1 aromatic carbocycles. The lowest BCUT2D eigenvalue weighted by Crippen LogP contribution is -2.12. The van der Waals surface area contributed by atoms with Gasteiger partial charge in [-0.1, -0.05) is 12.1 Å². The molecule has 0 fully saturated rings. The molecule has 0 saturated carbocycles. The lowest BCUT2D eigenvalue weighted by molar-refractivity contribution is 0.102. The van der Waals surface area contributed by atoms with Gasteiger partial charge < -0.3 is 5.32 Å². The molecule has 0 aliphatic rings. The van der Waals surface area contributed by atoms with Gasteiger partial charge in [0.15, 0.2) is 0 Å². The van der Waals surface area contributed by atoms with Crippen LogP contribution in [0.15, 0.2) is 42.6 Å². The first kappa shape index (κ1) is 14.5. The average Bonchev–Trinajstić information content (AvgIpc) is 2.46. The Bertz CT molecular complexity index is 618. The van der Waals surface area contributed by atoms with Crippen molar-refractivity contribution < 1.29 is 9.18 Å². The largest absolute Gasteiger partial charge is 0.322 e. The van der Waals surface area contributed by atoms with Gasteiger partial charge in [0.05, 0.1) is 0 Å². The third kappa shape index (κ3) is 3.57. The van der Waals surface area contributed by atoms with Crippen LogP contribution in [0.2, 0.25) is 0 Å². The van der Waals surface area contributed by atoms with Crippen LogP contribution in [0.4, 0.5) is 10.1 Å². The first-order valence-corrected chi connectivity index (χ1v) is 7.44. The van der Waals surface area contributed by atoms with Gasteiger partial charge in [-0.2, -0.15) is 16.2 Å². The van der Waals surface area contributed by atoms with Crippen LogP contribution >= 0.6 is 11.8 Å². The maximum absolute atomic E-state index is 13.0. The molecular formula is C15H15FN2OS. The summed E-state index contributed by atoms with van der Waals surface area (Å²) in [6.45, 7) is 2.10. The molecule has 104 valence electrons. The minimum absolute atomic E-state index is 0.251. The predicted octanol–water partition coefficient (Wildman–Crippen LogP) is 3.90. The van der Waals surface area contributed by atoms with Gasteiger partial charge in [-0.25, -0.2) is 4.98 Å². The van der Waals surface area contributed by atoms with Crippen LogP contribution in [0.5, 0.6) is 0 Å². The van der Waals surface area contributed by atoms with E-state index in [0.717, 1.165) is 11.6 Å². The van der Waals surface area contributed by atoms with Crippen LogP contribution in [-0.4, -0.2) is 17.1 Å². The molecular weight excluding hydrogens is 275 g/mol. The van der Waals surface area contributed by atoms with E-state index in [1.807, 2.05) is 30.5 Å². The third-order valence-corrected chi connectivity index (χ3v) is 3.94. The van der Waals surface area contributed by atoms with Crippen molar-refractivity contribution in [3.8, 4) is 0 Å². The van der Waals surface area contributed by atoms with Gasteiger partial charge in [0.25, 0.3) is 5.91 Å². The maximum atomic E-state index is 13.0. The minimum atomic E-state index is -0.664. The van der Waals surface area contributed by atoms with Crippen molar-refractivity contribution in [3.05, 3.63) is 59.7 Å². The van der Waals surface area contributed by atoms with Crippen molar-refractivity contribution in [1.82, 2.24) is 4.98 Å². The van der Waals surface area contributed by atoms with E-state index in [9.17, 15) is 9.18 Å². The van der Waals surface area contributed by atoms with E-state index in [2.05, 4.69) is 17.2 Å². The predicted molar refractivity (Wildman–Crippen MR) is 80.5 cm³/mol. The van der Waals surface area contributed by atoms with Gasteiger partial charge in [-0.05, 0) is 36.9 Å². The standard InChI is InChI=1S/C15H15FN2OS/c1-10(20-2)11-4-3-5-13(8-11)18-15(19)12-6-7-17-14(16)9-12/h3-10H,1-2H3,(H,18,19)/t10-/m0/s1. The van der Waals surface area contributed by atoms with Crippen LogP contribution in [0.1, 0.15) is 28.1 Å². The summed E-state index contributed by atoms with van der Waals surface area (Å²) in [6, 6.07) is 10.2. The first-order valence-electron chi connectivity index (χ1n) is 6.16. The fourth-order valence-corrected chi connectivity index (χ4v) is 2.17. The molecule has 5 heteroatoms. The SMILES string of the molecule is CS[C@@H](C)c1cccc(NC(=O)c2ccnc(F)c2)c1. The summed E-state index contributed by atoms with van der Waals surface area (Å²) in [7, 11) is 0. The minimum Gasteiger partial charge on any atom is -0.322 e. The van der Waals surface area contributed by atoms with E-state index in [1.165, 1.54) is 12.3 Å². The smallest absolute Gasteiger partial charge is 0.255 e. The summed E-state index contributed by atoms with van der Waals surface area (Å²) >= 11 is 1.73. The Morgan fingerprint density at radius 3 is 2.85 bits per heavy atom. The first-order chi connectivity index (χ1) is 9.60. The second-order valence-corrected chi connectivity index (χ2v) is 5.50. The molecule has 1 N–H and O–H groups in total. The molecule has 0 bridgehead atoms. The van der Waals surface area contributed by atoms with Crippen molar-refractivity contribution in [2.24, 2.45) is 0 Å². The van der Waals surface area contributed by atoms with Crippen molar-refractivity contribution in [1.29, 1.82) is 0 Å². The Morgan fingerprint density at radius 1 is 1.35 bits per heavy atom. The molecule has 2 aromatic rings. The molecule has 0 spiro atoms. The Labute approximate surface area is 121 Å². The summed E-state index contributed by atoms with van der Waals surface area (Å²) in [4.78, 5) is 15.4. The van der Waals surface area contributed by atoms with E-state index in [4.69, 9.17) is 0 Å². The highest BCUT2D eigenvalue weighted by atomic mass is 32.2. The number of halogens is 1. The number of aromatic nitrogens is 1.